The Bertz CT molecular complexity index is 2300. The molecule has 0 aliphatic carbocycles. The highest BCUT2D eigenvalue weighted by Gasteiger charge is 2.46. The predicted molar refractivity (Wildman–Crippen MR) is 195 cm³/mol. The number of rotatable bonds is 4. The number of hydrogen-bond donors (Lipinski definition) is 0. The van der Waals surface area contributed by atoms with E-state index in [-0.39, 0.29) is 0 Å². The fourth-order valence-electron chi connectivity index (χ4n) is 7.68. The molecule has 0 saturated heterocycles. The van der Waals surface area contributed by atoms with E-state index in [1.54, 1.807) is 0 Å². The van der Waals surface area contributed by atoms with Gasteiger partial charge in [-0.15, -0.1) is 0 Å². The Hall–Kier alpha value is -5.38. The molecular weight excluding hydrogens is 624 g/mol. The second-order valence-electron chi connectivity index (χ2n) is 11.9. The third kappa shape index (κ3) is 3.88. The van der Waals surface area contributed by atoms with Crippen LogP contribution in [0.25, 0.3) is 27.5 Å². The molecule has 9 rings (SSSR count). The van der Waals surface area contributed by atoms with Crippen LogP contribution < -0.4 is 4.90 Å². The lowest BCUT2D eigenvalue weighted by Gasteiger charge is -2.46. The quantitative estimate of drug-likeness (QED) is 0.184. The third-order valence-corrected chi connectivity index (χ3v) is 9.99. The number of aromatic nitrogens is 1. The number of para-hydroxylation sites is 3. The minimum Gasteiger partial charge on any atom is -0.310 e. The largest absolute Gasteiger partial charge is 0.310 e. The lowest BCUT2D eigenvalue weighted by molar-refractivity contribution is 0.731. The molecule has 0 fully saturated rings. The van der Waals surface area contributed by atoms with Gasteiger partial charge in [0, 0.05) is 26.6 Å². The first-order valence-corrected chi connectivity index (χ1v) is 16.4. The molecule has 0 atom stereocenters. The van der Waals surface area contributed by atoms with Crippen LogP contribution in [0, 0.1) is 0 Å². The summed E-state index contributed by atoms with van der Waals surface area (Å²) < 4.78 is 3.43. The van der Waals surface area contributed by atoms with Crippen molar-refractivity contribution in [2.24, 2.45) is 0 Å². The van der Waals surface area contributed by atoms with Crippen molar-refractivity contribution >= 4 is 54.8 Å². The smallest absolute Gasteiger partial charge is 0.0742 e. The number of fused-ring (bicyclic) bond motifs is 5. The summed E-state index contributed by atoms with van der Waals surface area (Å²) in [5.41, 5.74) is 11.6. The summed E-state index contributed by atoms with van der Waals surface area (Å²) in [5, 5.41) is 2.46. The summed E-state index contributed by atoms with van der Waals surface area (Å²) in [6.07, 6.45) is 0. The highest BCUT2D eigenvalue weighted by Crippen LogP contribution is 2.57. The zero-order chi connectivity index (χ0) is 30.7. The highest BCUT2D eigenvalue weighted by atomic mass is 79.9. The van der Waals surface area contributed by atoms with Crippen LogP contribution in [0.15, 0.2) is 180 Å². The van der Waals surface area contributed by atoms with Gasteiger partial charge in [-0.3, -0.25) is 0 Å². The Kier molecular flexibility index (Phi) is 6.22. The Morgan fingerprint density at radius 1 is 0.413 bits per heavy atom. The first-order valence-electron chi connectivity index (χ1n) is 15.6. The van der Waals surface area contributed by atoms with Crippen LogP contribution in [-0.4, -0.2) is 4.57 Å². The van der Waals surface area contributed by atoms with Gasteiger partial charge in [0.25, 0.3) is 0 Å². The fourth-order valence-corrected chi connectivity index (χ4v) is 8.07. The number of anilines is 3. The maximum Gasteiger partial charge on any atom is 0.0742 e. The molecule has 0 amide bonds. The van der Waals surface area contributed by atoms with Crippen molar-refractivity contribution in [3.05, 3.63) is 203 Å². The van der Waals surface area contributed by atoms with Crippen molar-refractivity contribution in [3.8, 4) is 5.69 Å². The van der Waals surface area contributed by atoms with Crippen molar-refractivity contribution < 1.29 is 0 Å². The molecule has 1 aliphatic rings. The molecule has 2 heterocycles. The molecule has 0 N–H and O–H groups in total. The van der Waals surface area contributed by atoms with E-state index >= 15 is 0 Å². The van der Waals surface area contributed by atoms with Gasteiger partial charge in [0.1, 0.15) is 0 Å². The van der Waals surface area contributed by atoms with E-state index in [2.05, 4.69) is 201 Å². The van der Waals surface area contributed by atoms with Gasteiger partial charge in [-0.05, 0) is 76.9 Å². The van der Waals surface area contributed by atoms with Crippen LogP contribution in [0.3, 0.4) is 0 Å². The molecule has 0 saturated carbocycles. The zero-order valence-electron chi connectivity index (χ0n) is 25.0. The molecule has 3 heteroatoms. The molecule has 0 spiro atoms. The minimum absolute atomic E-state index is 0.479. The minimum atomic E-state index is -0.479. The van der Waals surface area contributed by atoms with E-state index in [1.165, 1.54) is 55.4 Å². The third-order valence-electron chi connectivity index (χ3n) is 9.49. The molecule has 218 valence electrons. The van der Waals surface area contributed by atoms with Crippen molar-refractivity contribution in [3.63, 3.8) is 0 Å². The summed E-state index contributed by atoms with van der Waals surface area (Å²) in [6, 6.07) is 64.0. The number of hydrogen-bond acceptors (Lipinski definition) is 1. The van der Waals surface area contributed by atoms with Gasteiger partial charge < -0.3 is 9.47 Å². The van der Waals surface area contributed by atoms with Gasteiger partial charge in [0.2, 0.25) is 0 Å². The van der Waals surface area contributed by atoms with Crippen LogP contribution in [0.2, 0.25) is 0 Å². The predicted octanol–water partition coefficient (Wildman–Crippen LogP) is 11.7. The molecule has 8 aromatic rings. The Morgan fingerprint density at radius 2 is 0.978 bits per heavy atom. The van der Waals surface area contributed by atoms with Crippen molar-refractivity contribution in [2.45, 2.75) is 5.41 Å². The summed E-state index contributed by atoms with van der Waals surface area (Å²) in [6.45, 7) is 0. The molecule has 0 bridgehead atoms. The van der Waals surface area contributed by atoms with E-state index in [0.29, 0.717) is 0 Å². The van der Waals surface area contributed by atoms with E-state index in [9.17, 15) is 0 Å². The van der Waals surface area contributed by atoms with Crippen LogP contribution in [0.4, 0.5) is 17.1 Å². The fraction of sp³-hybridized carbons (Fsp3) is 0.0233. The molecule has 46 heavy (non-hydrogen) atoms. The van der Waals surface area contributed by atoms with Crippen molar-refractivity contribution in [1.29, 1.82) is 0 Å². The zero-order valence-corrected chi connectivity index (χ0v) is 26.6. The molecule has 0 radical (unpaired) electrons. The first kappa shape index (κ1) is 27.0. The second kappa shape index (κ2) is 10.6. The molecule has 1 aliphatic heterocycles. The SMILES string of the molecule is Brc1cccc(-n2c3ccccc3c3cc(N4c5ccccc5C(c5ccccc5)(c5ccccc5)c5ccccc54)ccc32)c1. The summed E-state index contributed by atoms with van der Waals surface area (Å²) in [4.78, 5) is 2.46. The van der Waals surface area contributed by atoms with Gasteiger partial charge in [-0.1, -0.05) is 137 Å². The lowest BCUT2D eigenvalue weighted by Crippen LogP contribution is -2.37. The summed E-state index contributed by atoms with van der Waals surface area (Å²) >= 11 is 3.69. The van der Waals surface area contributed by atoms with Gasteiger partial charge in [0.15, 0.2) is 0 Å². The van der Waals surface area contributed by atoms with Crippen LogP contribution >= 0.6 is 15.9 Å². The first-order chi connectivity index (χ1) is 22.7. The number of nitrogens with zero attached hydrogens (tertiary/aromatic N) is 2. The lowest BCUT2D eigenvalue weighted by atomic mass is 9.62. The number of benzene rings is 7. The van der Waals surface area contributed by atoms with Gasteiger partial charge >= 0.3 is 0 Å². The van der Waals surface area contributed by atoms with E-state index in [0.717, 1.165) is 15.8 Å². The Labute approximate surface area is 276 Å². The highest BCUT2D eigenvalue weighted by molar-refractivity contribution is 9.10. The van der Waals surface area contributed by atoms with Gasteiger partial charge in [-0.2, -0.15) is 0 Å². The second-order valence-corrected chi connectivity index (χ2v) is 12.8. The normalized spacial score (nSPS) is 13.5. The van der Waals surface area contributed by atoms with Gasteiger partial charge in [0.05, 0.1) is 27.8 Å². The van der Waals surface area contributed by atoms with Crippen LogP contribution in [0.1, 0.15) is 22.3 Å². The standard InChI is InChI=1S/C43H29BrN2/c44-32-18-13-19-33(28-32)45-39-23-10-7-20-35(39)36-29-34(26-27-40(36)45)46-41-24-11-8-21-37(41)43(30-14-3-1-4-15-30,31-16-5-2-6-17-31)38-22-9-12-25-42(38)46/h1-29H. The van der Waals surface area contributed by atoms with E-state index in [4.69, 9.17) is 0 Å². The topological polar surface area (TPSA) is 8.17 Å². The average Bonchev–Trinajstić information content (AvgIpc) is 3.45. The van der Waals surface area contributed by atoms with E-state index in [1.807, 2.05) is 0 Å². The van der Waals surface area contributed by atoms with Crippen LogP contribution in [-0.2, 0) is 5.41 Å². The van der Waals surface area contributed by atoms with Crippen molar-refractivity contribution in [2.75, 3.05) is 4.90 Å². The Balaban J connectivity index is 1.34. The maximum atomic E-state index is 3.69. The van der Waals surface area contributed by atoms with Gasteiger partial charge in [-0.25, -0.2) is 0 Å². The van der Waals surface area contributed by atoms with Crippen molar-refractivity contribution in [1.82, 2.24) is 4.57 Å². The maximum absolute atomic E-state index is 3.69. The number of halogens is 1. The monoisotopic (exact) mass is 652 g/mol. The molecular formula is C43H29BrN2. The molecule has 7 aromatic carbocycles. The molecule has 0 unspecified atom stereocenters. The molecule has 2 nitrogen and oxygen atoms in total. The summed E-state index contributed by atoms with van der Waals surface area (Å²) in [7, 11) is 0. The summed E-state index contributed by atoms with van der Waals surface area (Å²) in [5.74, 6) is 0. The average molecular weight is 654 g/mol. The Morgan fingerprint density at radius 3 is 1.63 bits per heavy atom. The molecule has 1 aromatic heterocycles. The van der Waals surface area contributed by atoms with Crippen LogP contribution in [0.5, 0.6) is 0 Å². The van der Waals surface area contributed by atoms with E-state index < -0.39 is 5.41 Å².